The molecule has 3 atom stereocenters. The Balaban J connectivity index is 2.95. The number of carboxylic acid groups (broad SMARTS) is 1. The van der Waals surface area contributed by atoms with E-state index in [0.29, 0.717) is 11.1 Å². The molecule has 1 aromatic rings. The molecule has 0 heterocycles. The van der Waals surface area contributed by atoms with E-state index in [9.17, 15) is 13.6 Å². The van der Waals surface area contributed by atoms with Gasteiger partial charge in [0, 0.05) is 0 Å². The third-order valence-corrected chi connectivity index (χ3v) is 3.08. The second-order valence-corrected chi connectivity index (χ2v) is 4.65. The quantitative estimate of drug-likeness (QED) is 0.606. The predicted octanol–water partition coefficient (Wildman–Crippen LogP) is 0.817. The van der Waals surface area contributed by atoms with Gasteiger partial charge in [-0.2, -0.15) is 0 Å². The Labute approximate surface area is 107 Å². The molecule has 100 valence electrons. The fraction of sp³-hybridized carbons (Fsp3) is 0.364. The minimum Gasteiger partial charge on any atom is -0.750 e. The number of carbonyl (C=O) groups is 1. The summed E-state index contributed by atoms with van der Waals surface area (Å²) in [4.78, 5) is 10.8. The standard InChI is InChI=1S/C11H15NO5S/c1-7(10(13)14)8-3-5-9(6-4-8)11(2,12)17-18(15)16/h3-7H,12H2,1-2H3,(H,13,14)(H,15,16)/p-1. The predicted molar refractivity (Wildman–Crippen MR) is 64.0 cm³/mol. The summed E-state index contributed by atoms with van der Waals surface area (Å²) in [5.41, 5.74) is 5.26. The average Bonchev–Trinajstić information content (AvgIpc) is 2.26. The van der Waals surface area contributed by atoms with Gasteiger partial charge >= 0.3 is 5.97 Å². The molecule has 0 saturated carbocycles. The maximum Gasteiger partial charge on any atom is 0.310 e. The Morgan fingerprint density at radius 1 is 1.50 bits per heavy atom. The largest absolute Gasteiger partial charge is 0.750 e. The smallest absolute Gasteiger partial charge is 0.310 e. The lowest BCUT2D eigenvalue weighted by Gasteiger charge is -2.26. The molecular formula is C11H14NO5S-. The molecule has 0 aliphatic heterocycles. The van der Waals surface area contributed by atoms with Crippen molar-refractivity contribution in [2.75, 3.05) is 0 Å². The van der Waals surface area contributed by atoms with Crippen LogP contribution in [-0.2, 0) is 26.1 Å². The monoisotopic (exact) mass is 272 g/mol. The number of rotatable bonds is 5. The Hall–Kier alpha value is -1.28. The molecule has 0 saturated heterocycles. The number of aliphatic carboxylic acids is 1. The lowest BCUT2D eigenvalue weighted by atomic mass is 9.97. The summed E-state index contributed by atoms with van der Waals surface area (Å²) in [7, 11) is 0. The van der Waals surface area contributed by atoms with Crippen molar-refractivity contribution in [3.05, 3.63) is 35.4 Å². The van der Waals surface area contributed by atoms with Crippen molar-refractivity contribution in [3.8, 4) is 0 Å². The van der Waals surface area contributed by atoms with E-state index < -0.39 is 29.0 Å². The first-order valence-corrected chi connectivity index (χ1v) is 6.15. The molecule has 18 heavy (non-hydrogen) atoms. The zero-order valence-corrected chi connectivity index (χ0v) is 10.8. The van der Waals surface area contributed by atoms with Crippen molar-refractivity contribution in [2.24, 2.45) is 5.73 Å². The normalized spacial score (nSPS) is 17.8. The summed E-state index contributed by atoms with van der Waals surface area (Å²) in [6.07, 6.45) is 0. The molecule has 0 fully saturated rings. The Kier molecular flexibility index (Phi) is 4.58. The lowest BCUT2D eigenvalue weighted by molar-refractivity contribution is -0.138. The van der Waals surface area contributed by atoms with Gasteiger partial charge in [0.05, 0.1) is 17.3 Å². The second-order valence-electron chi connectivity index (χ2n) is 4.08. The third-order valence-electron chi connectivity index (χ3n) is 2.60. The summed E-state index contributed by atoms with van der Waals surface area (Å²) in [5, 5.41) is 8.85. The summed E-state index contributed by atoms with van der Waals surface area (Å²) in [6, 6.07) is 6.25. The van der Waals surface area contributed by atoms with Crippen LogP contribution in [0.5, 0.6) is 0 Å². The van der Waals surface area contributed by atoms with Crippen LogP contribution in [0.3, 0.4) is 0 Å². The number of benzene rings is 1. The maximum absolute atomic E-state index is 10.8. The van der Waals surface area contributed by atoms with E-state index in [2.05, 4.69) is 4.18 Å². The molecule has 0 aliphatic rings. The SMILES string of the molecule is CC(C(=O)O)c1ccc(C(C)(N)OS(=O)[O-])cc1. The molecule has 0 aliphatic carbocycles. The van der Waals surface area contributed by atoms with Crippen molar-refractivity contribution in [3.63, 3.8) is 0 Å². The van der Waals surface area contributed by atoms with E-state index in [0.717, 1.165) is 0 Å². The van der Waals surface area contributed by atoms with E-state index in [1.807, 2.05) is 0 Å². The van der Waals surface area contributed by atoms with Crippen LogP contribution in [0, 0.1) is 0 Å². The van der Waals surface area contributed by atoms with Crippen LogP contribution >= 0.6 is 0 Å². The Morgan fingerprint density at radius 3 is 2.39 bits per heavy atom. The molecule has 3 unspecified atom stereocenters. The molecular weight excluding hydrogens is 258 g/mol. The van der Waals surface area contributed by atoms with Crippen LogP contribution in [0.25, 0.3) is 0 Å². The number of hydrogen-bond acceptors (Lipinski definition) is 5. The van der Waals surface area contributed by atoms with Crippen molar-refractivity contribution in [2.45, 2.75) is 25.5 Å². The highest BCUT2D eigenvalue weighted by Gasteiger charge is 2.23. The first-order chi connectivity index (χ1) is 8.24. The molecule has 0 spiro atoms. The van der Waals surface area contributed by atoms with Crippen LogP contribution in [0.15, 0.2) is 24.3 Å². The zero-order chi connectivity index (χ0) is 13.9. The van der Waals surface area contributed by atoms with E-state index in [4.69, 9.17) is 10.8 Å². The first kappa shape index (κ1) is 14.8. The van der Waals surface area contributed by atoms with Crippen LogP contribution in [0.2, 0.25) is 0 Å². The highest BCUT2D eigenvalue weighted by Crippen LogP contribution is 2.23. The van der Waals surface area contributed by atoms with Crippen molar-refractivity contribution >= 4 is 17.3 Å². The number of hydrogen-bond donors (Lipinski definition) is 2. The fourth-order valence-electron chi connectivity index (χ4n) is 1.43. The molecule has 0 radical (unpaired) electrons. The molecule has 0 aromatic heterocycles. The number of carboxylic acids is 1. The van der Waals surface area contributed by atoms with Gasteiger partial charge in [-0.1, -0.05) is 24.3 Å². The molecule has 1 rings (SSSR count). The van der Waals surface area contributed by atoms with Crippen LogP contribution in [0.1, 0.15) is 30.9 Å². The third kappa shape index (κ3) is 3.61. The van der Waals surface area contributed by atoms with Crippen LogP contribution in [-0.4, -0.2) is 19.8 Å². The number of nitrogens with two attached hydrogens (primary N) is 1. The minimum atomic E-state index is -2.73. The van der Waals surface area contributed by atoms with Gasteiger partial charge in [-0.3, -0.25) is 14.7 Å². The molecule has 7 heteroatoms. The van der Waals surface area contributed by atoms with Crippen molar-refractivity contribution in [1.82, 2.24) is 0 Å². The van der Waals surface area contributed by atoms with Crippen molar-refractivity contribution < 1.29 is 22.8 Å². The minimum absolute atomic E-state index is 0.438. The highest BCUT2D eigenvalue weighted by molar-refractivity contribution is 7.74. The summed E-state index contributed by atoms with van der Waals surface area (Å²) in [5.74, 6) is -1.58. The molecule has 6 nitrogen and oxygen atoms in total. The van der Waals surface area contributed by atoms with Crippen LogP contribution in [0.4, 0.5) is 0 Å². The van der Waals surface area contributed by atoms with E-state index in [1.165, 1.54) is 6.92 Å². The molecule has 0 bridgehead atoms. The van der Waals surface area contributed by atoms with E-state index >= 15 is 0 Å². The van der Waals surface area contributed by atoms with Crippen molar-refractivity contribution in [1.29, 1.82) is 0 Å². The summed E-state index contributed by atoms with van der Waals surface area (Å²) >= 11 is -2.73. The van der Waals surface area contributed by atoms with Gasteiger partial charge in [0.15, 0.2) is 5.72 Å². The van der Waals surface area contributed by atoms with Gasteiger partial charge in [-0.05, 0) is 25.0 Å². The summed E-state index contributed by atoms with van der Waals surface area (Å²) < 4.78 is 25.5. The van der Waals surface area contributed by atoms with E-state index in [-0.39, 0.29) is 0 Å². The Bertz CT molecular complexity index is 457. The molecule has 0 amide bonds. The summed E-state index contributed by atoms with van der Waals surface area (Å²) in [6.45, 7) is 2.96. The molecule has 3 N–H and O–H groups in total. The average molecular weight is 272 g/mol. The first-order valence-electron chi connectivity index (χ1n) is 5.15. The van der Waals surface area contributed by atoms with E-state index in [1.54, 1.807) is 31.2 Å². The second kappa shape index (κ2) is 5.57. The Morgan fingerprint density at radius 2 is 2.00 bits per heavy atom. The zero-order valence-electron chi connectivity index (χ0n) is 9.95. The highest BCUT2D eigenvalue weighted by atomic mass is 32.2. The van der Waals surface area contributed by atoms with Gasteiger partial charge in [-0.15, -0.1) is 0 Å². The fourth-order valence-corrected chi connectivity index (χ4v) is 1.81. The molecule has 1 aromatic carbocycles. The van der Waals surface area contributed by atoms with Gasteiger partial charge < -0.3 is 9.66 Å². The maximum atomic E-state index is 10.8. The van der Waals surface area contributed by atoms with Gasteiger partial charge in [0.1, 0.15) is 0 Å². The van der Waals surface area contributed by atoms with Gasteiger partial charge in [-0.25, -0.2) is 4.21 Å². The van der Waals surface area contributed by atoms with Gasteiger partial charge in [0.25, 0.3) is 0 Å². The van der Waals surface area contributed by atoms with Gasteiger partial charge in [0.2, 0.25) is 0 Å². The topological polar surface area (TPSA) is 113 Å². The van der Waals surface area contributed by atoms with Crippen LogP contribution < -0.4 is 5.73 Å². The lowest BCUT2D eigenvalue weighted by Crippen LogP contribution is -2.36.